The van der Waals surface area contributed by atoms with Crippen LogP contribution in [-0.4, -0.2) is 19.9 Å². The summed E-state index contributed by atoms with van der Waals surface area (Å²) in [6, 6.07) is 10.3. The Labute approximate surface area is 113 Å². The number of hydrogen-bond acceptors (Lipinski definition) is 6. The van der Waals surface area contributed by atoms with Crippen LogP contribution in [0.4, 0.5) is 5.82 Å². The second-order valence-electron chi connectivity index (χ2n) is 3.88. The van der Waals surface area contributed by atoms with Crippen molar-refractivity contribution in [3.8, 4) is 11.6 Å². The fraction of sp³-hybridized carbons (Fsp3) is 0. The van der Waals surface area contributed by atoms with Gasteiger partial charge in [0, 0.05) is 0 Å². The van der Waals surface area contributed by atoms with E-state index in [1.54, 1.807) is 12.1 Å². The minimum absolute atomic E-state index is 0.0297. The number of fused-ring (bicyclic) bond motifs is 1. The molecule has 7 heteroatoms. The maximum Gasteiger partial charge on any atom is 0.406 e. The lowest BCUT2D eigenvalue weighted by Crippen LogP contribution is -1.97. The van der Waals surface area contributed by atoms with Crippen LogP contribution in [0.15, 0.2) is 48.8 Å². The third-order valence-electron chi connectivity index (χ3n) is 2.56. The summed E-state index contributed by atoms with van der Waals surface area (Å²) in [4.78, 5) is 22.3. The van der Waals surface area contributed by atoms with Gasteiger partial charge in [-0.2, -0.15) is 0 Å². The third-order valence-corrected chi connectivity index (χ3v) is 2.56. The number of ether oxygens (including phenoxy) is 1. The van der Waals surface area contributed by atoms with Crippen LogP contribution in [0.25, 0.3) is 11.0 Å². The van der Waals surface area contributed by atoms with Crippen molar-refractivity contribution in [1.82, 2.24) is 15.0 Å². The van der Waals surface area contributed by atoms with Gasteiger partial charge >= 0.3 is 5.82 Å². The lowest BCUT2D eigenvalue weighted by Gasteiger charge is -2.05. The summed E-state index contributed by atoms with van der Waals surface area (Å²) in [5.41, 5.74) is 1.37. The number of pyridine rings is 1. The molecule has 20 heavy (non-hydrogen) atoms. The van der Waals surface area contributed by atoms with Crippen LogP contribution in [0, 0.1) is 10.1 Å². The van der Waals surface area contributed by atoms with Crippen molar-refractivity contribution in [3.63, 3.8) is 0 Å². The molecule has 7 nitrogen and oxygen atoms in total. The molecule has 0 fully saturated rings. The van der Waals surface area contributed by atoms with Gasteiger partial charge in [-0.05, 0) is 34.2 Å². The van der Waals surface area contributed by atoms with E-state index < -0.39 is 4.92 Å². The number of nitro groups is 1. The van der Waals surface area contributed by atoms with E-state index in [4.69, 9.17) is 4.74 Å². The molecule has 98 valence electrons. The quantitative estimate of drug-likeness (QED) is 0.535. The van der Waals surface area contributed by atoms with Gasteiger partial charge < -0.3 is 14.9 Å². The number of nitrogens with zero attached hydrogens (tertiary/aromatic N) is 4. The Bertz CT molecular complexity index is 791. The van der Waals surface area contributed by atoms with Crippen molar-refractivity contribution in [2.75, 3.05) is 0 Å². The highest BCUT2D eigenvalue weighted by molar-refractivity contribution is 5.74. The molecule has 0 amide bonds. The van der Waals surface area contributed by atoms with Crippen LogP contribution in [0.5, 0.6) is 11.6 Å². The van der Waals surface area contributed by atoms with Crippen molar-refractivity contribution in [3.05, 3.63) is 58.9 Å². The van der Waals surface area contributed by atoms with Crippen LogP contribution in [0.2, 0.25) is 0 Å². The standard InChI is InChI=1S/C13H8N4O3/c18-17(19)13-11(6-3-7-14-13)20-12-8-15-9-4-1-2-5-10(9)16-12/h1-8H. The summed E-state index contributed by atoms with van der Waals surface area (Å²) in [6.07, 6.45) is 2.75. The molecule has 0 aliphatic carbocycles. The summed E-state index contributed by atoms with van der Waals surface area (Å²) >= 11 is 0. The smallest absolute Gasteiger partial charge is 0.406 e. The lowest BCUT2D eigenvalue weighted by atomic mass is 10.3. The third kappa shape index (κ3) is 2.24. The number of para-hydroxylation sites is 2. The predicted octanol–water partition coefficient (Wildman–Crippen LogP) is 2.73. The Hall–Kier alpha value is -3.09. The highest BCUT2D eigenvalue weighted by Gasteiger charge is 2.17. The van der Waals surface area contributed by atoms with E-state index in [1.807, 2.05) is 18.2 Å². The molecule has 3 rings (SSSR count). The van der Waals surface area contributed by atoms with E-state index in [2.05, 4.69) is 15.0 Å². The van der Waals surface area contributed by atoms with E-state index >= 15 is 0 Å². The molecule has 0 N–H and O–H groups in total. The van der Waals surface area contributed by atoms with Crippen LogP contribution >= 0.6 is 0 Å². The molecule has 1 aromatic carbocycles. The van der Waals surface area contributed by atoms with E-state index in [1.165, 1.54) is 18.5 Å². The average Bonchev–Trinajstić information content (AvgIpc) is 2.47. The molecule has 0 saturated carbocycles. The van der Waals surface area contributed by atoms with Gasteiger partial charge in [0.05, 0.1) is 17.2 Å². The molecule has 0 bridgehead atoms. The van der Waals surface area contributed by atoms with Gasteiger partial charge in [-0.15, -0.1) is 0 Å². The largest absolute Gasteiger partial charge is 0.428 e. The van der Waals surface area contributed by atoms with E-state index in [-0.39, 0.29) is 17.4 Å². The first-order valence-electron chi connectivity index (χ1n) is 5.73. The minimum Gasteiger partial charge on any atom is -0.428 e. The predicted molar refractivity (Wildman–Crippen MR) is 70.5 cm³/mol. The second-order valence-corrected chi connectivity index (χ2v) is 3.88. The fourth-order valence-electron chi connectivity index (χ4n) is 1.70. The molecule has 0 spiro atoms. The Balaban J connectivity index is 1.99. The first kappa shape index (κ1) is 12.0. The van der Waals surface area contributed by atoms with Crippen LogP contribution in [0.3, 0.4) is 0 Å². The summed E-state index contributed by atoms with van der Waals surface area (Å²) in [5, 5.41) is 10.9. The van der Waals surface area contributed by atoms with Gasteiger partial charge in [0.15, 0.2) is 0 Å². The van der Waals surface area contributed by atoms with Crippen molar-refractivity contribution in [2.45, 2.75) is 0 Å². The zero-order valence-corrected chi connectivity index (χ0v) is 10.1. The molecular weight excluding hydrogens is 260 g/mol. The average molecular weight is 268 g/mol. The molecule has 0 aliphatic heterocycles. The van der Waals surface area contributed by atoms with Crippen LogP contribution in [-0.2, 0) is 0 Å². The Morgan fingerprint density at radius 1 is 1.05 bits per heavy atom. The van der Waals surface area contributed by atoms with Crippen molar-refractivity contribution >= 4 is 16.9 Å². The maximum atomic E-state index is 10.9. The summed E-state index contributed by atoms with van der Waals surface area (Å²) in [6.45, 7) is 0. The highest BCUT2D eigenvalue weighted by atomic mass is 16.6. The topological polar surface area (TPSA) is 91.0 Å². The zero-order valence-electron chi connectivity index (χ0n) is 10.1. The molecule has 3 aromatic rings. The molecule has 0 unspecified atom stereocenters. The maximum absolute atomic E-state index is 10.9. The van der Waals surface area contributed by atoms with Gasteiger partial charge in [0.1, 0.15) is 6.20 Å². The molecule has 0 radical (unpaired) electrons. The van der Waals surface area contributed by atoms with Crippen LogP contribution in [0.1, 0.15) is 0 Å². The van der Waals surface area contributed by atoms with Gasteiger partial charge in [0.25, 0.3) is 0 Å². The minimum atomic E-state index is -0.607. The van der Waals surface area contributed by atoms with Gasteiger partial charge in [-0.3, -0.25) is 0 Å². The SMILES string of the molecule is O=[N+]([O-])c1ncccc1Oc1cnc2ccccc2n1. The summed E-state index contributed by atoms with van der Waals surface area (Å²) < 4.78 is 5.40. The molecule has 2 heterocycles. The zero-order chi connectivity index (χ0) is 13.9. The molecule has 2 aromatic heterocycles. The number of hydrogen-bond donors (Lipinski definition) is 0. The monoisotopic (exact) mass is 268 g/mol. The summed E-state index contributed by atoms with van der Waals surface area (Å²) in [5.74, 6) is -0.149. The van der Waals surface area contributed by atoms with Gasteiger partial charge in [-0.25, -0.2) is 9.97 Å². The van der Waals surface area contributed by atoms with Gasteiger partial charge in [-0.1, -0.05) is 12.1 Å². The second kappa shape index (κ2) is 4.88. The first-order valence-corrected chi connectivity index (χ1v) is 5.73. The molecule has 0 saturated heterocycles. The van der Waals surface area contributed by atoms with Crippen molar-refractivity contribution in [2.24, 2.45) is 0 Å². The van der Waals surface area contributed by atoms with Crippen molar-refractivity contribution < 1.29 is 9.66 Å². The molecular formula is C13H8N4O3. The molecule has 0 aliphatic rings. The fourth-order valence-corrected chi connectivity index (χ4v) is 1.70. The summed E-state index contributed by atoms with van der Waals surface area (Å²) in [7, 11) is 0. The number of aromatic nitrogens is 3. The Kier molecular flexibility index (Phi) is 2.92. The lowest BCUT2D eigenvalue weighted by molar-refractivity contribution is -0.390. The Morgan fingerprint density at radius 3 is 2.65 bits per heavy atom. The number of benzene rings is 1. The first-order chi connectivity index (χ1) is 9.74. The normalized spacial score (nSPS) is 10.4. The van der Waals surface area contributed by atoms with E-state index in [0.717, 1.165) is 5.52 Å². The highest BCUT2D eigenvalue weighted by Crippen LogP contribution is 2.27. The Morgan fingerprint density at radius 2 is 1.85 bits per heavy atom. The van der Waals surface area contributed by atoms with Gasteiger partial charge in [0.2, 0.25) is 11.6 Å². The van der Waals surface area contributed by atoms with Crippen molar-refractivity contribution in [1.29, 1.82) is 0 Å². The van der Waals surface area contributed by atoms with E-state index in [9.17, 15) is 10.1 Å². The van der Waals surface area contributed by atoms with Crippen LogP contribution < -0.4 is 4.74 Å². The molecule has 0 atom stereocenters. The van der Waals surface area contributed by atoms with E-state index in [0.29, 0.717) is 5.52 Å². The number of rotatable bonds is 3.